The van der Waals surface area contributed by atoms with Gasteiger partial charge in [0.05, 0.1) is 17.5 Å². The molecule has 152 valence electrons. The van der Waals surface area contributed by atoms with E-state index >= 15 is 0 Å². The molecule has 0 radical (unpaired) electrons. The molecule has 2 rings (SSSR count). The molecular weight excluding hydrogens is 466 g/mol. The second-order valence-electron chi connectivity index (χ2n) is 6.52. The van der Waals surface area contributed by atoms with E-state index in [2.05, 4.69) is 21.2 Å². The molecule has 2 aromatic carbocycles. The summed E-state index contributed by atoms with van der Waals surface area (Å²) < 4.78 is 27.0. The van der Waals surface area contributed by atoms with E-state index in [9.17, 15) is 13.2 Å². The van der Waals surface area contributed by atoms with Gasteiger partial charge >= 0.3 is 0 Å². The van der Waals surface area contributed by atoms with Crippen LogP contribution in [0, 0.1) is 0 Å². The van der Waals surface area contributed by atoms with E-state index in [0.29, 0.717) is 11.6 Å². The van der Waals surface area contributed by atoms with E-state index in [1.807, 2.05) is 37.2 Å². The van der Waals surface area contributed by atoms with E-state index in [1.54, 1.807) is 18.2 Å². The van der Waals surface area contributed by atoms with Crippen molar-refractivity contribution in [3.05, 3.63) is 63.6 Å². The number of sulfonamides is 1. The molecule has 1 unspecified atom stereocenters. The lowest BCUT2D eigenvalue weighted by molar-refractivity contribution is -0.121. The highest BCUT2D eigenvalue weighted by Crippen LogP contribution is 2.25. The average Bonchev–Trinajstić information content (AvgIpc) is 2.63. The van der Waals surface area contributed by atoms with E-state index in [-0.39, 0.29) is 23.4 Å². The third kappa shape index (κ3) is 5.78. The highest BCUT2D eigenvalue weighted by Gasteiger charge is 2.24. The molecule has 0 aliphatic carbocycles. The normalized spacial score (nSPS) is 13.0. The lowest BCUT2D eigenvalue weighted by Crippen LogP contribution is -2.41. The first-order chi connectivity index (χ1) is 13.1. The third-order valence-corrected chi connectivity index (χ3v) is 6.96. The number of nitrogens with one attached hydrogen (secondary N) is 1. The number of carbonyl (C=O) groups excluding carboxylic acids is 1. The van der Waals surface area contributed by atoms with Crippen LogP contribution < -0.4 is 5.32 Å². The highest BCUT2D eigenvalue weighted by atomic mass is 79.9. The number of carbonyl (C=O) groups is 1. The van der Waals surface area contributed by atoms with Crippen LogP contribution in [0.5, 0.6) is 0 Å². The van der Waals surface area contributed by atoms with Crippen molar-refractivity contribution in [2.45, 2.75) is 10.9 Å². The monoisotopic (exact) mass is 487 g/mol. The summed E-state index contributed by atoms with van der Waals surface area (Å²) in [7, 11) is 1.43. The Hall–Kier alpha value is -1.45. The molecule has 0 aromatic heterocycles. The van der Waals surface area contributed by atoms with E-state index in [1.165, 1.54) is 19.2 Å². The van der Waals surface area contributed by atoms with Gasteiger partial charge < -0.3 is 10.2 Å². The number of likely N-dealkylation sites (N-methyl/N-ethyl adjacent to an activating group) is 2. The standard InChI is InChI=1S/C19H23BrClN3O3S/c1-23(2)18(16-6-4-5-7-17(16)21)12-22-19(25)13-24(3)28(26,27)15-10-8-14(20)9-11-15/h4-11,18H,12-13H2,1-3H3,(H,22,25). The summed E-state index contributed by atoms with van der Waals surface area (Å²) in [4.78, 5) is 14.4. The molecule has 0 aliphatic heterocycles. The molecule has 0 fully saturated rings. The Labute approximate surface area is 179 Å². The predicted molar refractivity (Wildman–Crippen MR) is 115 cm³/mol. The molecule has 1 N–H and O–H groups in total. The zero-order chi connectivity index (χ0) is 20.9. The number of hydrogen-bond donors (Lipinski definition) is 1. The summed E-state index contributed by atoms with van der Waals surface area (Å²) in [6, 6.07) is 13.6. The van der Waals surface area contributed by atoms with E-state index in [4.69, 9.17) is 11.6 Å². The number of hydrogen-bond acceptors (Lipinski definition) is 4. The lowest BCUT2D eigenvalue weighted by atomic mass is 10.1. The molecule has 1 atom stereocenters. The first-order valence-electron chi connectivity index (χ1n) is 8.52. The van der Waals surface area contributed by atoms with Crippen molar-refractivity contribution in [2.24, 2.45) is 0 Å². The fourth-order valence-corrected chi connectivity index (χ4v) is 4.31. The van der Waals surface area contributed by atoms with Crippen molar-refractivity contribution in [1.82, 2.24) is 14.5 Å². The van der Waals surface area contributed by atoms with Crippen LogP contribution in [0.25, 0.3) is 0 Å². The SMILES string of the molecule is CN(C)C(CNC(=O)CN(C)S(=O)(=O)c1ccc(Br)cc1)c1ccccc1Cl. The number of nitrogens with zero attached hydrogens (tertiary/aromatic N) is 2. The summed E-state index contributed by atoms with van der Waals surface area (Å²) in [5, 5.41) is 3.42. The smallest absolute Gasteiger partial charge is 0.243 e. The minimum Gasteiger partial charge on any atom is -0.353 e. The Kier molecular flexibility index (Phi) is 8.03. The number of halogens is 2. The topological polar surface area (TPSA) is 69.7 Å². The van der Waals surface area contributed by atoms with Gasteiger partial charge in [0.1, 0.15) is 0 Å². The maximum atomic E-state index is 12.6. The largest absolute Gasteiger partial charge is 0.353 e. The molecule has 6 nitrogen and oxygen atoms in total. The van der Waals surface area contributed by atoms with Gasteiger partial charge in [0, 0.05) is 23.1 Å². The summed E-state index contributed by atoms with van der Waals surface area (Å²) >= 11 is 9.54. The van der Waals surface area contributed by atoms with Crippen LogP contribution in [0.2, 0.25) is 5.02 Å². The zero-order valence-corrected chi connectivity index (χ0v) is 19.1. The van der Waals surface area contributed by atoms with Gasteiger partial charge in [-0.3, -0.25) is 4.79 Å². The van der Waals surface area contributed by atoms with Gasteiger partial charge in [-0.25, -0.2) is 8.42 Å². The molecule has 0 bridgehead atoms. The van der Waals surface area contributed by atoms with Crippen molar-refractivity contribution in [3.63, 3.8) is 0 Å². The van der Waals surface area contributed by atoms with Crippen LogP contribution in [0.4, 0.5) is 0 Å². The van der Waals surface area contributed by atoms with Crippen LogP contribution in [-0.4, -0.2) is 57.8 Å². The van der Waals surface area contributed by atoms with Gasteiger partial charge in [0.2, 0.25) is 15.9 Å². The summed E-state index contributed by atoms with van der Waals surface area (Å²) in [5.74, 6) is -0.387. The summed E-state index contributed by atoms with van der Waals surface area (Å²) in [6.45, 7) is 0.0306. The first kappa shape index (κ1) is 22.8. The predicted octanol–water partition coefficient (Wildman–Crippen LogP) is 3.14. The molecule has 0 heterocycles. The van der Waals surface area contributed by atoms with Crippen molar-refractivity contribution in [1.29, 1.82) is 0 Å². The quantitative estimate of drug-likeness (QED) is 0.620. The summed E-state index contributed by atoms with van der Waals surface area (Å²) in [6.07, 6.45) is 0. The van der Waals surface area contributed by atoms with Crippen LogP contribution >= 0.6 is 27.5 Å². The van der Waals surface area contributed by atoms with Gasteiger partial charge in [-0.2, -0.15) is 4.31 Å². The molecular formula is C19H23BrClN3O3S. The molecule has 0 saturated carbocycles. The Morgan fingerprint density at radius 1 is 1.11 bits per heavy atom. The lowest BCUT2D eigenvalue weighted by Gasteiger charge is -2.26. The van der Waals surface area contributed by atoms with E-state index in [0.717, 1.165) is 14.3 Å². The van der Waals surface area contributed by atoms with Crippen LogP contribution in [0.15, 0.2) is 57.9 Å². The second kappa shape index (κ2) is 9.84. The second-order valence-corrected chi connectivity index (χ2v) is 9.89. The maximum Gasteiger partial charge on any atom is 0.243 e. The Bertz CT molecular complexity index is 920. The van der Waals surface area contributed by atoms with Gasteiger partial charge in [-0.05, 0) is 50.0 Å². The Morgan fingerprint density at radius 2 is 1.71 bits per heavy atom. The van der Waals surface area contributed by atoms with Gasteiger partial charge in [0.15, 0.2) is 0 Å². The van der Waals surface area contributed by atoms with Crippen LogP contribution in [0.3, 0.4) is 0 Å². The number of benzene rings is 2. The number of rotatable bonds is 8. The van der Waals surface area contributed by atoms with Crippen molar-refractivity contribution in [2.75, 3.05) is 34.2 Å². The fourth-order valence-electron chi connectivity index (χ4n) is 2.66. The molecule has 0 aliphatic rings. The van der Waals surface area contributed by atoms with E-state index < -0.39 is 10.0 Å². The summed E-state index contributed by atoms with van der Waals surface area (Å²) in [5.41, 5.74) is 0.894. The van der Waals surface area contributed by atoms with Gasteiger partial charge in [-0.1, -0.05) is 45.7 Å². The minimum atomic E-state index is -3.74. The average molecular weight is 489 g/mol. The van der Waals surface area contributed by atoms with Crippen molar-refractivity contribution >= 4 is 43.5 Å². The zero-order valence-electron chi connectivity index (χ0n) is 15.9. The highest BCUT2D eigenvalue weighted by molar-refractivity contribution is 9.10. The number of amides is 1. The molecule has 2 aromatic rings. The van der Waals surface area contributed by atoms with Crippen LogP contribution in [0.1, 0.15) is 11.6 Å². The Balaban J connectivity index is 2.02. The van der Waals surface area contributed by atoms with Crippen LogP contribution in [-0.2, 0) is 14.8 Å². The molecule has 28 heavy (non-hydrogen) atoms. The molecule has 9 heteroatoms. The molecule has 0 saturated heterocycles. The molecule has 1 amide bonds. The third-order valence-electron chi connectivity index (χ3n) is 4.27. The van der Waals surface area contributed by atoms with Crippen molar-refractivity contribution in [3.8, 4) is 0 Å². The first-order valence-corrected chi connectivity index (χ1v) is 11.1. The Morgan fingerprint density at radius 3 is 2.29 bits per heavy atom. The van der Waals surface area contributed by atoms with Crippen molar-refractivity contribution < 1.29 is 13.2 Å². The maximum absolute atomic E-state index is 12.6. The van der Waals surface area contributed by atoms with Gasteiger partial charge in [0.25, 0.3) is 0 Å². The minimum absolute atomic E-state index is 0.133. The fraction of sp³-hybridized carbons (Fsp3) is 0.316. The van der Waals surface area contributed by atoms with Gasteiger partial charge in [-0.15, -0.1) is 0 Å². The molecule has 0 spiro atoms.